The zero-order valence-corrected chi connectivity index (χ0v) is 10.2. The first-order valence-corrected chi connectivity index (χ1v) is 5.34. The van der Waals surface area contributed by atoms with Crippen molar-refractivity contribution in [3.8, 4) is 0 Å². The zero-order valence-electron chi connectivity index (χ0n) is 10.2. The Morgan fingerprint density at radius 1 is 1.47 bits per heavy atom. The Hall–Kier alpha value is -0.770. The standard InChI is InChI=1S/C11H21NO3/c1-10(2,3)15-9(13)12-8-6-7-14-11(8,4)5/h8H,6-7H2,1-5H3,(H,12,13). The molecule has 88 valence electrons. The Labute approximate surface area is 91.3 Å². The topological polar surface area (TPSA) is 47.6 Å². The Morgan fingerprint density at radius 3 is 2.47 bits per heavy atom. The van der Waals surface area contributed by atoms with E-state index in [4.69, 9.17) is 9.47 Å². The van der Waals surface area contributed by atoms with Gasteiger partial charge in [-0.1, -0.05) is 0 Å². The fourth-order valence-electron chi connectivity index (χ4n) is 1.58. The van der Waals surface area contributed by atoms with Gasteiger partial charge in [0.2, 0.25) is 0 Å². The van der Waals surface area contributed by atoms with Gasteiger partial charge in [0.1, 0.15) is 5.60 Å². The largest absolute Gasteiger partial charge is 0.444 e. The van der Waals surface area contributed by atoms with Crippen molar-refractivity contribution >= 4 is 6.09 Å². The van der Waals surface area contributed by atoms with Crippen LogP contribution in [0.4, 0.5) is 4.79 Å². The molecule has 1 rings (SSSR count). The van der Waals surface area contributed by atoms with Crippen molar-refractivity contribution in [2.45, 2.75) is 58.3 Å². The van der Waals surface area contributed by atoms with E-state index in [2.05, 4.69) is 5.32 Å². The fourth-order valence-corrected chi connectivity index (χ4v) is 1.58. The van der Waals surface area contributed by atoms with Crippen LogP contribution in [0.25, 0.3) is 0 Å². The van der Waals surface area contributed by atoms with Crippen molar-refractivity contribution < 1.29 is 14.3 Å². The van der Waals surface area contributed by atoms with Crippen LogP contribution in [0.5, 0.6) is 0 Å². The van der Waals surface area contributed by atoms with E-state index in [0.717, 1.165) is 6.42 Å². The predicted octanol–water partition coefficient (Wildman–Crippen LogP) is 2.08. The summed E-state index contributed by atoms with van der Waals surface area (Å²) in [6.45, 7) is 10.2. The van der Waals surface area contributed by atoms with Crippen LogP contribution in [0.15, 0.2) is 0 Å². The number of hydrogen-bond donors (Lipinski definition) is 1. The Bertz CT molecular complexity index is 243. The lowest BCUT2D eigenvalue weighted by atomic mass is 9.99. The molecule has 1 atom stereocenters. The first kappa shape index (κ1) is 12.3. The second kappa shape index (κ2) is 4.00. The molecule has 1 N–H and O–H groups in total. The highest BCUT2D eigenvalue weighted by molar-refractivity contribution is 5.68. The van der Waals surface area contributed by atoms with E-state index in [1.54, 1.807) is 0 Å². The van der Waals surface area contributed by atoms with Crippen LogP contribution >= 0.6 is 0 Å². The van der Waals surface area contributed by atoms with Crippen LogP contribution in [0.3, 0.4) is 0 Å². The molecule has 1 saturated heterocycles. The normalized spacial score (nSPS) is 25.0. The van der Waals surface area contributed by atoms with Gasteiger partial charge in [-0.25, -0.2) is 4.79 Å². The van der Waals surface area contributed by atoms with E-state index in [9.17, 15) is 4.79 Å². The minimum atomic E-state index is -0.451. The molecular weight excluding hydrogens is 194 g/mol. The molecule has 15 heavy (non-hydrogen) atoms. The molecule has 0 aromatic heterocycles. The van der Waals surface area contributed by atoms with Crippen molar-refractivity contribution in [3.05, 3.63) is 0 Å². The first-order chi connectivity index (χ1) is 6.71. The zero-order chi connectivity index (χ0) is 11.7. The van der Waals surface area contributed by atoms with Gasteiger partial charge in [0.25, 0.3) is 0 Å². The van der Waals surface area contributed by atoms with Crippen molar-refractivity contribution in [2.75, 3.05) is 6.61 Å². The van der Waals surface area contributed by atoms with Crippen LogP contribution in [0.2, 0.25) is 0 Å². The van der Waals surface area contributed by atoms with E-state index in [-0.39, 0.29) is 17.7 Å². The SMILES string of the molecule is CC(C)(C)OC(=O)NC1CCOC1(C)C. The Balaban J connectivity index is 2.45. The van der Waals surface area contributed by atoms with E-state index >= 15 is 0 Å². The molecule has 1 fully saturated rings. The van der Waals surface area contributed by atoms with Gasteiger partial charge in [-0.2, -0.15) is 0 Å². The van der Waals surface area contributed by atoms with Gasteiger partial charge in [-0.15, -0.1) is 0 Å². The number of hydrogen-bond acceptors (Lipinski definition) is 3. The summed E-state index contributed by atoms with van der Waals surface area (Å²) >= 11 is 0. The summed E-state index contributed by atoms with van der Waals surface area (Å²) in [5.74, 6) is 0. The van der Waals surface area contributed by atoms with Gasteiger partial charge >= 0.3 is 6.09 Å². The summed E-state index contributed by atoms with van der Waals surface area (Å²) < 4.78 is 10.7. The third kappa shape index (κ3) is 3.70. The minimum absolute atomic E-state index is 0.0346. The second-order valence-corrected chi connectivity index (χ2v) is 5.44. The third-order valence-corrected chi connectivity index (χ3v) is 2.41. The smallest absolute Gasteiger partial charge is 0.407 e. The predicted molar refractivity (Wildman–Crippen MR) is 57.8 cm³/mol. The summed E-state index contributed by atoms with van der Waals surface area (Å²) in [5.41, 5.74) is -0.745. The summed E-state index contributed by atoms with van der Waals surface area (Å²) in [5, 5.41) is 2.84. The molecular formula is C11H21NO3. The average Bonchev–Trinajstić information content (AvgIpc) is 2.26. The lowest BCUT2D eigenvalue weighted by Crippen LogP contribution is -2.47. The highest BCUT2D eigenvalue weighted by atomic mass is 16.6. The van der Waals surface area contributed by atoms with Crippen molar-refractivity contribution in [1.29, 1.82) is 0 Å². The number of nitrogens with one attached hydrogen (secondary N) is 1. The maximum atomic E-state index is 11.5. The molecule has 0 radical (unpaired) electrons. The van der Waals surface area contributed by atoms with Crippen LogP contribution in [0, 0.1) is 0 Å². The molecule has 1 amide bonds. The van der Waals surface area contributed by atoms with Gasteiger partial charge in [-0.05, 0) is 41.0 Å². The number of ether oxygens (including phenoxy) is 2. The van der Waals surface area contributed by atoms with Crippen LogP contribution < -0.4 is 5.32 Å². The molecule has 0 saturated carbocycles. The second-order valence-electron chi connectivity index (χ2n) is 5.44. The van der Waals surface area contributed by atoms with E-state index in [1.807, 2.05) is 34.6 Å². The monoisotopic (exact) mass is 215 g/mol. The molecule has 0 aliphatic carbocycles. The molecule has 1 heterocycles. The van der Waals surface area contributed by atoms with Gasteiger partial charge in [0.05, 0.1) is 11.6 Å². The highest BCUT2D eigenvalue weighted by Gasteiger charge is 2.37. The molecule has 0 aromatic rings. The number of alkyl carbamates (subject to hydrolysis) is 1. The molecule has 1 aliphatic heterocycles. The molecule has 0 spiro atoms. The van der Waals surface area contributed by atoms with Crippen LogP contribution in [0.1, 0.15) is 41.0 Å². The Kier molecular flexibility index (Phi) is 3.28. The molecule has 1 aliphatic rings. The third-order valence-electron chi connectivity index (χ3n) is 2.41. The van der Waals surface area contributed by atoms with Crippen molar-refractivity contribution in [2.24, 2.45) is 0 Å². The van der Waals surface area contributed by atoms with E-state index in [1.165, 1.54) is 0 Å². The molecule has 1 unspecified atom stereocenters. The number of amides is 1. The minimum Gasteiger partial charge on any atom is -0.444 e. The summed E-state index contributed by atoms with van der Waals surface area (Å²) in [7, 11) is 0. The highest BCUT2D eigenvalue weighted by Crippen LogP contribution is 2.25. The number of carbonyl (C=O) groups excluding carboxylic acids is 1. The Morgan fingerprint density at radius 2 is 2.07 bits per heavy atom. The first-order valence-electron chi connectivity index (χ1n) is 5.34. The van der Waals surface area contributed by atoms with Gasteiger partial charge in [0.15, 0.2) is 0 Å². The summed E-state index contributed by atoms with van der Waals surface area (Å²) in [6, 6.07) is 0.0346. The van der Waals surface area contributed by atoms with Crippen LogP contribution in [-0.2, 0) is 9.47 Å². The van der Waals surface area contributed by atoms with Gasteiger partial charge < -0.3 is 14.8 Å². The summed E-state index contributed by atoms with van der Waals surface area (Å²) in [6.07, 6.45) is 0.470. The van der Waals surface area contributed by atoms with Crippen molar-refractivity contribution in [3.63, 3.8) is 0 Å². The maximum absolute atomic E-state index is 11.5. The summed E-state index contributed by atoms with van der Waals surface area (Å²) in [4.78, 5) is 11.5. The molecule has 0 bridgehead atoms. The molecule has 4 nitrogen and oxygen atoms in total. The van der Waals surface area contributed by atoms with E-state index < -0.39 is 5.60 Å². The van der Waals surface area contributed by atoms with Crippen molar-refractivity contribution in [1.82, 2.24) is 5.32 Å². The average molecular weight is 215 g/mol. The fraction of sp³-hybridized carbons (Fsp3) is 0.909. The lowest BCUT2D eigenvalue weighted by Gasteiger charge is -2.28. The quantitative estimate of drug-likeness (QED) is 0.728. The molecule has 4 heteroatoms. The number of carbonyl (C=O) groups is 1. The number of rotatable bonds is 1. The lowest BCUT2D eigenvalue weighted by molar-refractivity contribution is 0.0128. The maximum Gasteiger partial charge on any atom is 0.407 e. The van der Waals surface area contributed by atoms with Gasteiger partial charge in [0, 0.05) is 6.61 Å². The van der Waals surface area contributed by atoms with Crippen LogP contribution in [-0.4, -0.2) is 29.9 Å². The van der Waals surface area contributed by atoms with Gasteiger partial charge in [-0.3, -0.25) is 0 Å². The van der Waals surface area contributed by atoms with E-state index in [0.29, 0.717) is 6.61 Å². The molecule has 0 aromatic carbocycles.